The molecule has 4 nitrogen and oxygen atoms in total. The third-order valence-corrected chi connectivity index (χ3v) is 5.84. The minimum Gasteiger partial charge on any atom is -0.350 e. The van der Waals surface area contributed by atoms with Crippen molar-refractivity contribution in [1.82, 2.24) is 10.2 Å². The van der Waals surface area contributed by atoms with Gasteiger partial charge < -0.3 is 10.2 Å². The minimum absolute atomic E-state index is 0.0426. The van der Waals surface area contributed by atoms with Crippen LogP contribution in [0, 0.1) is 0 Å². The van der Waals surface area contributed by atoms with Gasteiger partial charge in [0.15, 0.2) is 0 Å². The standard InChI is InChI=1S/C13H12Br2N2O2S2/c1-17(13(19)9-3-5-11(15)21-9)7-12(18)16-6-8-2-4-10(14)20-8/h2-5H,6-7H2,1H3,(H,16,18). The van der Waals surface area contributed by atoms with Crippen molar-refractivity contribution in [3.63, 3.8) is 0 Å². The lowest BCUT2D eigenvalue weighted by atomic mass is 10.4. The van der Waals surface area contributed by atoms with Gasteiger partial charge in [0, 0.05) is 11.9 Å². The number of hydrogen-bond donors (Lipinski definition) is 1. The van der Waals surface area contributed by atoms with E-state index in [2.05, 4.69) is 37.2 Å². The van der Waals surface area contributed by atoms with Gasteiger partial charge in [-0.2, -0.15) is 0 Å². The number of carbonyl (C=O) groups is 2. The third-order valence-electron chi connectivity index (χ3n) is 2.60. The molecule has 0 bridgehead atoms. The van der Waals surface area contributed by atoms with E-state index >= 15 is 0 Å². The van der Waals surface area contributed by atoms with Crippen LogP contribution in [0.4, 0.5) is 0 Å². The normalized spacial score (nSPS) is 10.4. The Hall–Kier alpha value is -0.700. The van der Waals surface area contributed by atoms with Crippen LogP contribution in [-0.4, -0.2) is 30.3 Å². The molecule has 0 aliphatic heterocycles. The Morgan fingerprint density at radius 1 is 1.14 bits per heavy atom. The molecule has 2 amide bonds. The van der Waals surface area contributed by atoms with E-state index in [1.165, 1.54) is 16.2 Å². The number of rotatable bonds is 5. The molecule has 0 spiro atoms. The molecule has 0 fully saturated rings. The summed E-state index contributed by atoms with van der Waals surface area (Å²) in [7, 11) is 1.62. The molecule has 0 saturated carbocycles. The zero-order valence-corrected chi connectivity index (χ0v) is 15.9. The number of hydrogen-bond acceptors (Lipinski definition) is 4. The van der Waals surface area contributed by atoms with Crippen LogP contribution in [0.5, 0.6) is 0 Å². The van der Waals surface area contributed by atoms with E-state index in [0.717, 1.165) is 12.4 Å². The summed E-state index contributed by atoms with van der Waals surface area (Å²) in [5.41, 5.74) is 0. The van der Waals surface area contributed by atoms with E-state index in [-0.39, 0.29) is 18.4 Å². The van der Waals surface area contributed by atoms with E-state index in [9.17, 15) is 9.59 Å². The van der Waals surface area contributed by atoms with Crippen LogP contribution < -0.4 is 5.32 Å². The second kappa shape index (κ2) is 7.53. The number of thiophene rings is 2. The highest BCUT2D eigenvalue weighted by atomic mass is 79.9. The number of nitrogens with one attached hydrogen (secondary N) is 1. The molecule has 2 aromatic heterocycles. The first-order chi connectivity index (χ1) is 9.95. The number of carbonyl (C=O) groups excluding carboxylic acids is 2. The van der Waals surface area contributed by atoms with Gasteiger partial charge in [-0.1, -0.05) is 0 Å². The monoisotopic (exact) mass is 450 g/mol. The van der Waals surface area contributed by atoms with E-state index in [1.807, 2.05) is 18.2 Å². The Morgan fingerprint density at radius 3 is 2.38 bits per heavy atom. The molecule has 21 heavy (non-hydrogen) atoms. The first-order valence-electron chi connectivity index (χ1n) is 5.97. The van der Waals surface area contributed by atoms with Gasteiger partial charge in [0.2, 0.25) is 5.91 Å². The van der Waals surface area contributed by atoms with Gasteiger partial charge in [-0.15, -0.1) is 22.7 Å². The quantitative estimate of drug-likeness (QED) is 0.752. The summed E-state index contributed by atoms with van der Waals surface area (Å²) in [6, 6.07) is 7.46. The minimum atomic E-state index is -0.175. The predicted molar refractivity (Wildman–Crippen MR) is 92.8 cm³/mol. The molecular weight excluding hydrogens is 440 g/mol. The first kappa shape index (κ1) is 16.7. The topological polar surface area (TPSA) is 49.4 Å². The fourth-order valence-corrected chi connectivity index (χ4v) is 4.40. The second-order valence-electron chi connectivity index (χ2n) is 4.25. The van der Waals surface area contributed by atoms with Crippen molar-refractivity contribution in [2.24, 2.45) is 0 Å². The Bertz CT molecular complexity index is 654. The molecular formula is C13H12Br2N2O2S2. The maximum atomic E-state index is 12.1. The number of nitrogens with zero attached hydrogens (tertiary/aromatic N) is 1. The highest BCUT2D eigenvalue weighted by Gasteiger charge is 2.16. The molecule has 8 heteroatoms. The molecule has 112 valence electrons. The zero-order valence-electron chi connectivity index (χ0n) is 11.1. The molecule has 0 saturated heterocycles. The van der Waals surface area contributed by atoms with Crippen LogP contribution in [0.2, 0.25) is 0 Å². The van der Waals surface area contributed by atoms with Crippen LogP contribution in [0.15, 0.2) is 31.8 Å². The van der Waals surface area contributed by atoms with Crippen LogP contribution in [0.3, 0.4) is 0 Å². The summed E-state index contributed by atoms with van der Waals surface area (Å²) in [5, 5.41) is 2.81. The summed E-state index contributed by atoms with van der Waals surface area (Å²) in [6.45, 7) is 0.516. The molecule has 2 heterocycles. The van der Waals surface area contributed by atoms with Crippen molar-refractivity contribution in [3.8, 4) is 0 Å². The van der Waals surface area contributed by atoms with Gasteiger partial charge >= 0.3 is 0 Å². The Morgan fingerprint density at radius 2 is 1.81 bits per heavy atom. The van der Waals surface area contributed by atoms with E-state index in [1.54, 1.807) is 24.5 Å². The molecule has 0 atom stereocenters. The molecule has 0 aliphatic rings. The summed E-state index contributed by atoms with van der Waals surface area (Å²) < 4.78 is 1.93. The Labute approximate surface area is 147 Å². The summed E-state index contributed by atoms with van der Waals surface area (Å²) >= 11 is 9.62. The van der Waals surface area contributed by atoms with Gasteiger partial charge in [-0.3, -0.25) is 9.59 Å². The maximum Gasteiger partial charge on any atom is 0.264 e. The third kappa shape index (κ3) is 4.91. The average Bonchev–Trinajstić information content (AvgIpc) is 3.04. The lowest BCUT2D eigenvalue weighted by Gasteiger charge is -2.15. The lowest BCUT2D eigenvalue weighted by molar-refractivity contribution is -0.121. The molecule has 1 N–H and O–H groups in total. The summed E-state index contributed by atoms with van der Waals surface area (Å²) in [5.74, 6) is -0.328. The molecule has 2 aromatic rings. The molecule has 0 unspecified atom stereocenters. The van der Waals surface area contributed by atoms with E-state index in [4.69, 9.17) is 0 Å². The lowest BCUT2D eigenvalue weighted by Crippen LogP contribution is -2.37. The fourth-order valence-electron chi connectivity index (χ4n) is 1.59. The summed E-state index contributed by atoms with van der Waals surface area (Å²) in [6.07, 6.45) is 0. The largest absolute Gasteiger partial charge is 0.350 e. The molecule has 0 aromatic carbocycles. The number of amides is 2. The smallest absolute Gasteiger partial charge is 0.264 e. The Kier molecular flexibility index (Phi) is 5.98. The second-order valence-corrected chi connectivity index (χ2v) is 9.26. The van der Waals surface area contributed by atoms with Gasteiger partial charge in [0.05, 0.1) is 25.5 Å². The SMILES string of the molecule is CN(CC(=O)NCc1ccc(Br)s1)C(=O)c1ccc(Br)s1. The highest BCUT2D eigenvalue weighted by Crippen LogP contribution is 2.23. The highest BCUT2D eigenvalue weighted by molar-refractivity contribution is 9.11. The summed E-state index contributed by atoms with van der Waals surface area (Å²) in [4.78, 5) is 27.0. The van der Waals surface area contributed by atoms with Crippen LogP contribution in [0.25, 0.3) is 0 Å². The van der Waals surface area contributed by atoms with Crippen molar-refractivity contribution >= 4 is 66.3 Å². The predicted octanol–water partition coefficient (Wildman–Crippen LogP) is 3.72. The van der Waals surface area contributed by atoms with Crippen molar-refractivity contribution in [2.75, 3.05) is 13.6 Å². The van der Waals surface area contributed by atoms with Crippen LogP contribution in [-0.2, 0) is 11.3 Å². The van der Waals surface area contributed by atoms with Crippen molar-refractivity contribution in [1.29, 1.82) is 0 Å². The Balaban J connectivity index is 1.83. The van der Waals surface area contributed by atoms with E-state index in [0.29, 0.717) is 11.4 Å². The molecule has 0 radical (unpaired) electrons. The van der Waals surface area contributed by atoms with Crippen molar-refractivity contribution < 1.29 is 9.59 Å². The zero-order chi connectivity index (χ0) is 15.4. The van der Waals surface area contributed by atoms with Gasteiger partial charge in [0.25, 0.3) is 5.91 Å². The first-order valence-corrected chi connectivity index (χ1v) is 9.19. The van der Waals surface area contributed by atoms with Gasteiger partial charge in [0.1, 0.15) is 0 Å². The van der Waals surface area contributed by atoms with Crippen molar-refractivity contribution in [2.45, 2.75) is 6.54 Å². The van der Waals surface area contributed by atoms with Gasteiger partial charge in [-0.25, -0.2) is 0 Å². The number of halogens is 2. The van der Waals surface area contributed by atoms with Crippen molar-refractivity contribution in [3.05, 3.63) is 41.6 Å². The van der Waals surface area contributed by atoms with Gasteiger partial charge in [-0.05, 0) is 56.1 Å². The average molecular weight is 452 g/mol. The fraction of sp³-hybridized carbons (Fsp3) is 0.231. The van der Waals surface area contributed by atoms with E-state index < -0.39 is 0 Å². The molecule has 0 aliphatic carbocycles. The van der Waals surface area contributed by atoms with Crippen LogP contribution in [0.1, 0.15) is 14.5 Å². The number of likely N-dealkylation sites (N-methyl/N-ethyl adjacent to an activating group) is 1. The molecule has 2 rings (SSSR count). The van der Waals surface area contributed by atoms with Crippen LogP contribution >= 0.6 is 54.5 Å². The maximum absolute atomic E-state index is 12.1.